The van der Waals surface area contributed by atoms with Crippen LogP contribution >= 0.6 is 0 Å². The fraction of sp³-hybridized carbons (Fsp3) is 0.500. The first-order valence-electron chi connectivity index (χ1n) is 8.72. The molecule has 0 saturated carbocycles. The third-order valence-corrected chi connectivity index (χ3v) is 6.47. The number of aromatic amines is 1. The molecule has 1 fully saturated rings. The Morgan fingerprint density at radius 2 is 1.92 bits per heavy atom. The van der Waals surface area contributed by atoms with E-state index in [1.54, 1.807) is 28.6 Å². The molecule has 0 bridgehead atoms. The average molecular weight is 363 g/mol. The van der Waals surface area contributed by atoms with Crippen LogP contribution < -0.4 is 5.32 Å². The van der Waals surface area contributed by atoms with E-state index in [1.807, 2.05) is 6.92 Å². The van der Waals surface area contributed by atoms with Gasteiger partial charge in [0.1, 0.15) is 5.69 Å². The summed E-state index contributed by atoms with van der Waals surface area (Å²) in [5.41, 5.74) is 1.19. The monoisotopic (exact) mass is 363 g/mol. The summed E-state index contributed by atoms with van der Waals surface area (Å²) in [6.07, 6.45) is 1.05. The lowest BCUT2D eigenvalue weighted by Gasteiger charge is -2.34. The fourth-order valence-electron chi connectivity index (χ4n) is 3.60. The maximum atomic E-state index is 13.0. The minimum absolute atomic E-state index is 0.193. The van der Waals surface area contributed by atoms with Crippen molar-refractivity contribution >= 4 is 26.8 Å². The molecule has 1 aromatic heterocycles. The largest absolute Gasteiger partial charge is 0.351 e. The Morgan fingerprint density at radius 1 is 1.24 bits per heavy atom. The van der Waals surface area contributed by atoms with Crippen molar-refractivity contribution in [1.82, 2.24) is 14.6 Å². The molecule has 1 saturated heterocycles. The van der Waals surface area contributed by atoms with Gasteiger partial charge >= 0.3 is 0 Å². The van der Waals surface area contributed by atoms with Crippen molar-refractivity contribution in [3.63, 3.8) is 0 Å². The van der Waals surface area contributed by atoms with Gasteiger partial charge in [0.05, 0.1) is 4.90 Å². The fourth-order valence-corrected chi connectivity index (χ4v) is 5.32. The minimum atomic E-state index is -3.52. The predicted octanol–water partition coefficient (Wildman–Crippen LogP) is 2.58. The quantitative estimate of drug-likeness (QED) is 0.876. The van der Waals surface area contributed by atoms with Crippen LogP contribution in [0, 0.1) is 11.8 Å². The van der Waals surface area contributed by atoms with Crippen molar-refractivity contribution < 1.29 is 13.2 Å². The molecule has 1 amide bonds. The van der Waals surface area contributed by atoms with Crippen LogP contribution in [0.15, 0.2) is 29.2 Å². The van der Waals surface area contributed by atoms with Crippen LogP contribution in [0.2, 0.25) is 0 Å². The highest BCUT2D eigenvalue weighted by Crippen LogP contribution is 2.28. The van der Waals surface area contributed by atoms with E-state index < -0.39 is 10.0 Å². The molecule has 7 heteroatoms. The highest BCUT2D eigenvalue weighted by atomic mass is 32.2. The van der Waals surface area contributed by atoms with Gasteiger partial charge in [0.25, 0.3) is 5.91 Å². The van der Waals surface area contributed by atoms with Gasteiger partial charge in [0.2, 0.25) is 10.0 Å². The first-order valence-corrected chi connectivity index (χ1v) is 10.2. The summed E-state index contributed by atoms with van der Waals surface area (Å²) in [7, 11) is -3.52. The minimum Gasteiger partial charge on any atom is -0.351 e. The molecular weight excluding hydrogens is 338 g/mol. The molecule has 6 nitrogen and oxygen atoms in total. The molecule has 3 rings (SSSR count). The molecule has 2 aromatic rings. The van der Waals surface area contributed by atoms with Gasteiger partial charge in [0.15, 0.2) is 0 Å². The highest BCUT2D eigenvalue weighted by molar-refractivity contribution is 7.89. The van der Waals surface area contributed by atoms with Crippen LogP contribution in [0.4, 0.5) is 0 Å². The van der Waals surface area contributed by atoms with Gasteiger partial charge in [-0.2, -0.15) is 4.31 Å². The standard InChI is InChI=1S/C18H25N3O3S/c1-4-19-18(22)17-9-14-8-15(5-6-16(14)20-17)25(23,24)21-10-12(2)7-13(3)11-21/h5-6,8-9,12-13,20H,4,7,10-11H2,1-3H3,(H,19,22). The molecule has 0 radical (unpaired) electrons. The van der Waals surface area contributed by atoms with Crippen molar-refractivity contribution in [3.05, 3.63) is 30.0 Å². The Bertz CT molecular complexity index is 878. The van der Waals surface area contributed by atoms with Crippen molar-refractivity contribution in [3.8, 4) is 0 Å². The van der Waals surface area contributed by atoms with E-state index in [-0.39, 0.29) is 10.8 Å². The average Bonchev–Trinajstić information content (AvgIpc) is 2.97. The van der Waals surface area contributed by atoms with Gasteiger partial charge < -0.3 is 10.3 Å². The third kappa shape index (κ3) is 3.57. The maximum absolute atomic E-state index is 13.0. The van der Waals surface area contributed by atoms with E-state index in [0.717, 1.165) is 17.3 Å². The molecule has 1 aromatic carbocycles. The normalized spacial score (nSPS) is 22.2. The number of hydrogen-bond acceptors (Lipinski definition) is 3. The van der Waals surface area contributed by atoms with E-state index in [9.17, 15) is 13.2 Å². The van der Waals surface area contributed by atoms with Crippen LogP contribution in [-0.2, 0) is 10.0 Å². The number of amides is 1. The van der Waals surface area contributed by atoms with Gasteiger partial charge in [0, 0.05) is 30.5 Å². The summed E-state index contributed by atoms with van der Waals surface area (Å²) >= 11 is 0. The van der Waals surface area contributed by atoms with Gasteiger partial charge in [-0.3, -0.25) is 4.79 Å². The number of benzene rings is 1. The summed E-state index contributed by atoms with van der Waals surface area (Å²) in [5.74, 6) is 0.527. The number of H-pyrrole nitrogens is 1. The summed E-state index contributed by atoms with van der Waals surface area (Å²) < 4.78 is 27.6. The third-order valence-electron chi connectivity index (χ3n) is 4.65. The number of nitrogens with zero attached hydrogens (tertiary/aromatic N) is 1. The first kappa shape index (κ1) is 17.9. The van der Waals surface area contributed by atoms with Crippen LogP contribution in [0.1, 0.15) is 37.7 Å². The van der Waals surface area contributed by atoms with E-state index >= 15 is 0 Å². The molecular formula is C18H25N3O3S. The lowest BCUT2D eigenvalue weighted by Crippen LogP contribution is -2.42. The van der Waals surface area contributed by atoms with Crippen LogP contribution in [-0.4, -0.2) is 43.2 Å². The lowest BCUT2D eigenvalue weighted by molar-refractivity contribution is 0.0951. The molecule has 1 aliphatic heterocycles. The van der Waals surface area contributed by atoms with E-state index in [4.69, 9.17) is 0 Å². The second-order valence-electron chi connectivity index (χ2n) is 7.06. The zero-order chi connectivity index (χ0) is 18.2. The van der Waals surface area contributed by atoms with Crippen LogP contribution in [0.5, 0.6) is 0 Å². The molecule has 136 valence electrons. The number of piperidine rings is 1. The van der Waals surface area contributed by atoms with Crippen LogP contribution in [0.3, 0.4) is 0 Å². The number of aromatic nitrogens is 1. The van der Waals surface area contributed by atoms with Crippen molar-refractivity contribution in [2.75, 3.05) is 19.6 Å². The van der Waals surface area contributed by atoms with Gasteiger partial charge in [-0.05, 0) is 49.4 Å². The molecule has 2 atom stereocenters. The summed E-state index contributed by atoms with van der Waals surface area (Å²) in [4.78, 5) is 15.3. The topological polar surface area (TPSA) is 82.3 Å². The number of carbonyl (C=O) groups is 1. The Balaban J connectivity index is 1.93. The molecule has 2 unspecified atom stereocenters. The molecule has 1 aliphatic rings. The second kappa shape index (κ2) is 6.80. The Hall–Kier alpha value is -1.86. The van der Waals surface area contributed by atoms with E-state index in [0.29, 0.717) is 37.2 Å². The lowest BCUT2D eigenvalue weighted by atomic mass is 9.94. The highest BCUT2D eigenvalue weighted by Gasteiger charge is 2.31. The molecule has 0 spiro atoms. The molecule has 0 aliphatic carbocycles. The van der Waals surface area contributed by atoms with Crippen molar-refractivity contribution in [2.45, 2.75) is 32.1 Å². The predicted molar refractivity (Wildman–Crippen MR) is 98.0 cm³/mol. The summed E-state index contributed by atoms with van der Waals surface area (Å²) in [6.45, 7) is 7.69. The maximum Gasteiger partial charge on any atom is 0.267 e. The van der Waals surface area contributed by atoms with Crippen molar-refractivity contribution in [2.24, 2.45) is 11.8 Å². The summed E-state index contributed by atoms with van der Waals surface area (Å²) in [6, 6.07) is 6.68. The van der Waals surface area contributed by atoms with E-state index in [1.165, 1.54) is 0 Å². The van der Waals surface area contributed by atoms with Crippen molar-refractivity contribution in [1.29, 1.82) is 0 Å². The smallest absolute Gasteiger partial charge is 0.267 e. The van der Waals surface area contributed by atoms with E-state index in [2.05, 4.69) is 24.1 Å². The van der Waals surface area contributed by atoms with Crippen LogP contribution in [0.25, 0.3) is 10.9 Å². The first-order chi connectivity index (χ1) is 11.8. The Labute approximate surface area is 148 Å². The molecule has 25 heavy (non-hydrogen) atoms. The number of fused-ring (bicyclic) bond motifs is 1. The number of carbonyl (C=O) groups excluding carboxylic acids is 1. The second-order valence-corrected chi connectivity index (χ2v) is 9.00. The number of rotatable bonds is 4. The molecule has 2 heterocycles. The number of hydrogen-bond donors (Lipinski definition) is 2. The van der Waals surface area contributed by atoms with Gasteiger partial charge in [-0.1, -0.05) is 13.8 Å². The van der Waals surface area contributed by atoms with Gasteiger partial charge in [-0.25, -0.2) is 8.42 Å². The Morgan fingerprint density at radius 3 is 2.56 bits per heavy atom. The molecule has 2 N–H and O–H groups in total. The SMILES string of the molecule is CCNC(=O)c1cc2cc(S(=O)(=O)N3CC(C)CC(C)C3)ccc2[nH]1. The number of sulfonamides is 1. The Kier molecular flexibility index (Phi) is 4.88. The van der Waals surface area contributed by atoms with Gasteiger partial charge in [-0.15, -0.1) is 0 Å². The zero-order valence-electron chi connectivity index (χ0n) is 14.9. The number of nitrogens with one attached hydrogen (secondary N) is 2. The summed E-state index contributed by atoms with van der Waals surface area (Å²) in [5, 5.41) is 3.45. The zero-order valence-corrected chi connectivity index (χ0v) is 15.7.